The molecule has 114 valence electrons. The highest BCUT2D eigenvalue weighted by atomic mass is 16.6. The molecule has 0 amide bonds. The van der Waals surface area contributed by atoms with Crippen LogP contribution < -0.4 is 0 Å². The zero-order valence-corrected chi connectivity index (χ0v) is 11.7. The van der Waals surface area contributed by atoms with Crippen molar-refractivity contribution in [1.82, 2.24) is 0 Å². The van der Waals surface area contributed by atoms with Crippen LogP contribution in [0.3, 0.4) is 0 Å². The van der Waals surface area contributed by atoms with Gasteiger partial charge < -0.3 is 14.9 Å². The Bertz CT molecular complexity index is 673. The Morgan fingerprint density at radius 1 is 1.14 bits per heavy atom. The summed E-state index contributed by atoms with van der Waals surface area (Å²) in [5.41, 5.74) is -1.99. The SMILES string of the molecule is CC1C(C(=O)O)=CC=CC1(OC(=O)c1ccccc1)C(=O)O. The monoisotopic (exact) mass is 302 g/mol. The molecule has 0 radical (unpaired) electrons. The van der Waals surface area contributed by atoms with Crippen molar-refractivity contribution in [2.24, 2.45) is 5.92 Å². The highest BCUT2D eigenvalue weighted by Gasteiger charge is 2.49. The summed E-state index contributed by atoms with van der Waals surface area (Å²) >= 11 is 0. The first-order valence-corrected chi connectivity index (χ1v) is 6.53. The van der Waals surface area contributed by atoms with Crippen molar-refractivity contribution in [2.75, 3.05) is 0 Å². The van der Waals surface area contributed by atoms with Gasteiger partial charge in [0.1, 0.15) is 0 Å². The normalized spacial score (nSPS) is 23.5. The van der Waals surface area contributed by atoms with Crippen molar-refractivity contribution in [3.63, 3.8) is 0 Å². The highest BCUT2D eigenvalue weighted by molar-refractivity contribution is 5.96. The fourth-order valence-electron chi connectivity index (χ4n) is 2.28. The van der Waals surface area contributed by atoms with Crippen LogP contribution in [0.25, 0.3) is 0 Å². The minimum atomic E-state index is -2.05. The standard InChI is InChI=1S/C16H14O6/c1-10-12(13(17)18)8-5-9-16(10,15(20)21)22-14(19)11-6-3-2-4-7-11/h2-10H,1H3,(H,17,18)(H,20,21). The molecule has 0 saturated carbocycles. The number of rotatable bonds is 4. The zero-order chi connectivity index (χ0) is 16.3. The lowest BCUT2D eigenvalue weighted by Crippen LogP contribution is -2.49. The second-order valence-electron chi connectivity index (χ2n) is 4.86. The summed E-state index contributed by atoms with van der Waals surface area (Å²) in [7, 11) is 0. The zero-order valence-electron chi connectivity index (χ0n) is 11.7. The maximum Gasteiger partial charge on any atom is 0.353 e. The third kappa shape index (κ3) is 2.63. The Balaban J connectivity index is 2.37. The van der Waals surface area contributed by atoms with Gasteiger partial charge in [0.2, 0.25) is 5.60 Å². The molecule has 1 aliphatic carbocycles. The van der Waals surface area contributed by atoms with Crippen LogP contribution in [-0.4, -0.2) is 33.7 Å². The Morgan fingerprint density at radius 3 is 2.32 bits per heavy atom. The average molecular weight is 302 g/mol. The van der Waals surface area contributed by atoms with Gasteiger partial charge in [0.05, 0.1) is 5.56 Å². The molecule has 1 aromatic rings. The van der Waals surface area contributed by atoms with E-state index in [-0.39, 0.29) is 11.1 Å². The molecule has 1 aliphatic rings. The largest absolute Gasteiger partial charge is 0.478 e. The van der Waals surface area contributed by atoms with Crippen molar-refractivity contribution >= 4 is 17.9 Å². The van der Waals surface area contributed by atoms with Crippen molar-refractivity contribution in [1.29, 1.82) is 0 Å². The number of benzene rings is 1. The summed E-state index contributed by atoms with van der Waals surface area (Å²) in [4.78, 5) is 35.0. The van der Waals surface area contributed by atoms with Crippen LogP contribution in [0.15, 0.2) is 54.1 Å². The Kier molecular flexibility index (Phi) is 4.12. The molecule has 0 bridgehead atoms. The predicted molar refractivity (Wildman–Crippen MR) is 76.2 cm³/mol. The minimum absolute atomic E-state index is 0.134. The molecular formula is C16H14O6. The predicted octanol–water partition coefficient (Wildman–Crippen LogP) is 1.88. The molecule has 22 heavy (non-hydrogen) atoms. The molecule has 0 heterocycles. The first-order valence-electron chi connectivity index (χ1n) is 6.53. The molecule has 6 nitrogen and oxygen atoms in total. The maximum absolute atomic E-state index is 12.2. The molecule has 2 N–H and O–H groups in total. The highest BCUT2D eigenvalue weighted by Crippen LogP contribution is 2.34. The molecule has 0 aromatic heterocycles. The smallest absolute Gasteiger partial charge is 0.353 e. The molecule has 6 heteroatoms. The summed E-state index contributed by atoms with van der Waals surface area (Å²) in [6.07, 6.45) is 3.76. The quantitative estimate of drug-likeness (QED) is 0.824. The third-order valence-electron chi connectivity index (χ3n) is 3.58. The van der Waals surface area contributed by atoms with Crippen molar-refractivity contribution in [2.45, 2.75) is 12.5 Å². The number of allylic oxidation sites excluding steroid dienone is 2. The topological polar surface area (TPSA) is 101 Å². The van der Waals surface area contributed by atoms with Crippen LogP contribution in [0.1, 0.15) is 17.3 Å². The van der Waals surface area contributed by atoms with E-state index in [1.165, 1.54) is 37.3 Å². The molecular weight excluding hydrogens is 288 g/mol. The third-order valence-corrected chi connectivity index (χ3v) is 3.58. The lowest BCUT2D eigenvalue weighted by atomic mass is 9.79. The maximum atomic E-state index is 12.2. The van der Waals surface area contributed by atoms with Gasteiger partial charge in [-0.1, -0.05) is 37.3 Å². The summed E-state index contributed by atoms with van der Waals surface area (Å²) < 4.78 is 5.19. The van der Waals surface area contributed by atoms with Gasteiger partial charge in [-0.15, -0.1) is 0 Å². The molecule has 0 saturated heterocycles. The van der Waals surface area contributed by atoms with Crippen LogP contribution in [0.2, 0.25) is 0 Å². The van der Waals surface area contributed by atoms with Crippen LogP contribution in [0.4, 0.5) is 0 Å². The summed E-state index contributed by atoms with van der Waals surface area (Å²) in [5, 5.41) is 18.6. The molecule has 2 rings (SSSR count). The van der Waals surface area contributed by atoms with E-state index < -0.39 is 29.4 Å². The van der Waals surface area contributed by atoms with Crippen LogP contribution in [-0.2, 0) is 14.3 Å². The van der Waals surface area contributed by atoms with Crippen molar-refractivity contribution in [3.05, 3.63) is 59.7 Å². The van der Waals surface area contributed by atoms with Crippen LogP contribution in [0.5, 0.6) is 0 Å². The molecule has 0 aliphatic heterocycles. The van der Waals surface area contributed by atoms with Crippen LogP contribution in [0, 0.1) is 5.92 Å². The first kappa shape index (κ1) is 15.5. The van der Waals surface area contributed by atoms with Gasteiger partial charge in [-0.2, -0.15) is 0 Å². The number of carbonyl (C=O) groups excluding carboxylic acids is 1. The van der Waals surface area contributed by atoms with Gasteiger partial charge in [0, 0.05) is 11.5 Å². The van der Waals surface area contributed by atoms with Gasteiger partial charge in [0.25, 0.3) is 0 Å². The number of ether oxygens (including phenoxy) is 1. The molecule has 0 fully saturated rings. The van der Waals surface area contributed by atoms with Gasteiger partial charge in [-0.25, -0.2) is 14.4 Å². The minimum Gasteiger partial charge on any atom is -0.478 e. The van der Waals surface area contributed by atoms with Gasteiger partial charge in [0.15, 0.2) is 0 Å². The van der Waals surface area contributed by atoms with Gasteiger partial charge in [-0.05, 0) is 18.2 Å². The van der Waals surface area contributed by atoms with Gasteiger partial charge >= 0.3 is 17.9 Å². The number of hydrogen-bond acceptors (Lipinski definition) is 4. The van der Waals surface area contributed by atoms with E-state index in [0.29, 0.717) is 0 Å². The average Bonchev–Trinajstić information content (AvgIpc) is 2.49. The van der Waals surface area contributed by atoms with Gasteiger partial charge in [-0.3, -0.25) is 0 Å². The van der Waals surface area contributed by atoms with E-state index in [4.69, 9.17) is 9.84 Å². The second kappa shape index (κ2) is 5.85. The fraction of sp³-hybridized carbons (Fsp3) is 0.188. The second-order valence-corrected chi connectivity index (χ2v) is 4.86. The number of carboxylic acid groups (broad SMARTS) is 2. The fourth-order valence-corrected chi connectivity index (χ4v) is 2.28. The van der Waals surface area contributed by atoms with E-state index >= 15 is 0 Å². The number of carbonyl (C=O) groups is 3. The van der Waals surface area contributed by atoms with E-state index in [1.54, 1.807) is 18.2 Å². The Hall–Kier alpha value is -2.89. The molecule has 2 atom stereocenters. The molecule has 0 spiro atoms. The Labute approximate surface area is 126 Å². The summed E-state index contributed by atoms with van der Waals surface area (Å²) in [6, 6.07) is 7.92. The molecule has 1 aromatic carbocycles. The van der Waals surface area contributed by atoms with Crippen molar-refractivity contribution in [3.8, 4) is 0 Å². The lowest BCUT2D eigenvalue weighted by molar-refractivity contribution is -0.158. The first-order chi connectivity index (χ1) is 10.4. The molecule has 2 unspecified atom stereocenters. The van der Waals surface area contributed by atoms with Crippen molar-refractivity contribution < 1.29 is 29.3 Å². The Morgan fingerprint density at radius 2 is 1.77 bits per heavy atom. The van der Waals surface area contributed by atoms with E-state index in [9.17, 15) is 19.5 Å². The lowest BCUT2D eigenvalue weighted by Gasteiger charge is -2.34. The summed E-state index contributed by atoms with van der Waals surface area (Å²) in [5.74, 6) is -4.53. The van der Waals surface area contributed by atoms with E-state index in [2.05, 4.69) is 0 Å². The number of aliphatic carboxylic acids is 2. The van der Waals surface area contributed by atoms with Crippen LogP contribution >= 0.6 is 0 Å². The van der Waals surface area contributed by atoms with E-state index in [1.807, 2.05) is 0 Å². The van der Waals surface area contributed by atoms with E-state index in [0.717, 1.165) is 0 Å². The number of hydrogen-bond donors (Lipinski definition) is 2. The summed E-state index contributed by atoms with van der Waals surface area (Å²) in [6.45, 7) is 1.40. The number of esters is 1. The number of carboxylic acids is 2.